The average molecular weight is 360 g/mol. The smallest absolute Gasteiger partial charge is 0.223 e. The molecule has 1 N–H and O–H groups in total. The molecular formula is C20H28N2O4. The monoisotopic (exact) mass is 360 g/mol. The van der Waals surface area contributed by atoms with Gasteiger partial charge in [0.1, 0.15) is 0 Å². The maximum atomic E-state index is 12.5. The zero-order valence-corrected chi connectivity index (χ0v) is 15.7. The second-order valence-corrected chi connectivity index (χ2v) is 7.30. The molecule has 1 spiro atoms. The highest BCUT2D eigenvalue weighted by atomic mass is 16.5. The van der Waals surface area contributed by atoms with Gasteiger partial charge in [-0.05, 0) is 49.4 Å². The number of hydrogen-bond donors (Lipinski definition) is 1. The molecule has 0 unspecified atom stereocenters. The van der Waals surface area contributed by atoms with Crippen molar-refractivity contribution in [1.82, 2.24) is 10.2 Å². The Morgan fingerprint density at radius 2 is 1.81 bits per heavy atom. The SMILES string of the molecule is COc1ccc(C(=O)CCC(=O)N2CCC3(CCNC3)CC2)cc1OC. The van der Waals surface area contributed by atoms with Crippen LogP contribution in [-0.2, 0) is 4.79 Å². The molecule has 0 bridgehead atoms. The molecule has 1 aromatic carbocycles. The number of nitrogens with one attached hydrogen (secondary N) is 1. The molecule has 142 valence electrons. The maximum Gasteiger partial charge on any atom is 0.223 e. The molecule has 2 aliphatic rings. The molecule has 0 saturated carbocycles. The Morgan fingerprint density at radius 3 is 2.42 bits per heavy atom. The van der Waals surface area contributed by atoms with Gasteiger partial charge >= 0.3 is 0 Å². The van der Waals surface area contributed by atoms with Crippen molar-refractivity contribution < 1.29 is 19.1 Å². The number of methoxy groups -OCH3 is 2. The molecule has 2 saturated heterocycles. The molecule has 0 aromatic heterocycles. The van der Waals surface area contributed by atoms with Gasteiger partial charge in [0.05, 0.1) is 14.2 Å². The molecule has 0 atom stereocenters. The molecule has 2 fully saturated rings. The molecular weight excluding hydrogens is 332 g/mol. The standard InChI is InChI=1S/C20H28N2O4/c1-25-17-5-3-15(13-18(17)26-2)16(23)4-6-19(24)22-11-8-20(9-12-22)7-10-21-14-20/h3,5,13,21H,4,6-12,14H2,1-2H3. The van der Waals surface area contributed by atoms with Crippen molar-refractivity contribution in [1.29, 1.82) is 0 Å². The summed E-state index contributed by atoms with van der Waals surface area (Å²) in [6, 6.07) is 5.10. The Bertz CT molecular complexity index is 658. The number of carbonyl (C=O) groups is 2. The van der Waals surface area contributed by atoms with E-state index >= 15 is 0 Å². The van der Waals surface area contributed by atoms with Gasteiger partial charge in [0.2, 0.25) is 5.91 Å². The highest BCUT2D eigenvalue weighted by molar-refractivity contribution is 5.98. The number of amides is 1. The van der Waals surface area contributed by atoms with Crippen LogP contribution in [0.2, 0.25) is 0 Å². The zero-order valence-electron chi connectivity index (χ0n) is 15.7. The molecule has 6 nitrogen and oxygen atoms in total. The molecule has 1 aromatic rings. The summed E-state index contributed by atoms with van der Waals surface area (Å²) in [5.74, 6) is 1.15. The van der Waals surface area contributed by atoms with Crippen molar-refractivity contribution >= 4 is 11.7 Å². The lowest BCUT2D eigenvalue weighted by Crippen LogP contribution is -2.44. The van der Waals surface area contributed by atoms with E-state index in [9.17, 15) is 9.59 Å². The van der Waals surface area contributed by atoms with E-state index in [1.807, 2.05) is 4.90 Å². The van der Waals surface area contributed by atoms with E-state index in [1.165, 1.54) is 6.42 Å². The van der Waals surface area contributed by atoms with Crippen molar-refractivity contribution in [2.75, 3.05) is 40.4 Å². The van der Waals surface area contributed by atoms with Gasteiger partial charge in [0.15, 0.2) is 17.3 Å². The van der Waals surface area contributed by atoms with Crippen LogP contribution in [-0.4, -0.2) is 57.0 Å². The minimum Gasteiger partial charge on any atom is -0.493 e. The van der Waals surface area contributed by atoms with Crippen LogP contribution in [0, 0.1) is 5.41 Å². The van der Waals surface area contributed by atoms with Crippen LogP contribution in [0.25, 0.3) is 0 Å². The molecule has 2 aliphatic heterocycles. The van der Waals surface area contributed by atoms with Crippen LogP contribution in [0.15, 0.2) is 18.2 Å². The minimum absolute atomic E-state index is 0.0484. The number of Topliss-reactive ketones (excluding diaryl/α,β-unsaturated/α-hetero) is 1. The number of likely N-dealkylation sites (tertiary alicyclic amines) is 1. The zero-order chi connectivity index (χ0) is 18.6. The summed E-state index contributed by atoms with van der Waals surface area (Å²) in [6.07, 6.45) is 3.83. The summed E-state index contributed by atoms with van der Waals surface area (Å²) in [7, 11) is 3.10. The summed E-state index contributed by atoms with van der Waals surface area (Å²) in [6.45, 7) is 3.79. The lowest BCUT2D eigenvalue weighted by atomic mass is 9.78. The van der Waals surface area contributed by atoms with Crippen molar-refractivity contribution in [2.45, 2.75) is 32.1 Å². The molecule has 26 heavy (non-hydrogen) atoms. The predicted octanol–water partition coefficient (Wildman–Crippen LogP) is 2.27. The van der Waals surface area contributed by atoms with Gasteiger partial charge in [0.25, 0.3) is 0 Å². The lowest BCUT2D eigenvalue weighted by molar-refractivity contribution is -0.133. The third-order valence-electron chi connectivity index (χ3n) is 5.78. The van der Waals surface area contributed by atoms with E-state index in [1.54, 1.807) is 32.4 Å². The van der Waals surface area contributed by atoms with E-state index in [0.29, 0.717) is 22.5 Å². The number of hydrogen-bond acceptors (Lipinski definition) is 5. The quantitative estimate of drug-likeness (QED) is 0.788. The number of nitrogens with zero attached hydrogens (tertiary/aromatic N) is 1. The number of carbonyl (C=O) groups excluding carboxylic acids is 2. The van der Waals surface area contributed by atoms with E-state index in [2.05, 4.69) is 5.32 Å². The topological polar surface area (TPSA) is 67.9 Å². The highest BCUT2D eigenvalue weighted by Crippen LogP contribution is 2.37. The van der Waals surface area contributed by atoms with Crippen LogP contribution >= 0.6 is 0 Å². The number of ether oxygens (including phenoxy) is 2. The lowest BCUT2D eigenvalue weighted by Gasteiger charge is -2.39. The Morgan fingerprint density at radius 1 is 1.08 bits per heavy atom. The van der Waals surface area contributed by atoms with Gasteiger partial charge in [0, 0.05) is 38.0 Å². The van der Waals surface area contributed by atoms with Crippen LogP contribution in [0.3, 0.4) is 0 Å². The highest BCUT2D eigenvalue weighted by Gasteiger charge is 2.37. The Hall–Kier alpha value is -2.08. The van der Waals surface area contributed by atoms with Gasteiger partial charge in [-0.3, -0.25) is 9.59 Å². The fraction of sp³-hybridized carbons (Fsp3) is 0.600. The summed E-state index contributed by atoms with van der Waals surface area (Å²) in [5.41, 5.74) is 0.941. The maximum absolute atomic E-state index is 12.5. The molecule has 0 radical (unpaired) electrons. The van der Waals surface area contributed by atoms with Gasteiger partial charge in [-0.2, -0.15) is 0 Å². The van der Waals surface area contributed by atoms with Crippen molar-refractivity contribution in [2.24, 2.45) is 5.41 Å². The number of ketones is 1. The first kappa shape index (κ1) is 18.7. The van der Waals surface area contributed by atoms with Crippen molar-refractivity contribution in [3.8, 4) is 11.5 Å². The summed E-state index contributed by atoms with van der Waals surface area (Å²) >= 11 is 0. The second-order valence-electron chi connectivity index (χ2n) is 7.30. The van der Waals surface area contributed by atoms with E-state index in [0.717, 1.165) is 39.0 Å². The Kier molecular flexibility index (Phi) is 5.81. The molecule has 6 heteroatoms. The van der Waals surface area contributed by atoms with E-state index < -0.39 is 0 Å². The van der Waals surface area contributed by atoms with Gasteiger partial charge in [-0.15, -0.1) is 0 Å². The first-order chi connectivity index (χ1) is 12.6. The summed E-state index contributed by atoms with van der Waals surface area (Å²) in [5, 5.41) is 3.44. The van der Waals surface area contributed by atoms with Gasteiger partial charge in [-0.1, -0.05) is 0 Å². The first-order valence-electron chi connectivity index (χ1n) is 9.31. The number of rotatable bonds is 6. The fourth-order valence-electron chi connectivity index (χ4n) is 3.99. The minimum atomic E-state index is -0.0484. The summed E-state index contributed by atoms with van der Waals surface area (Å²) in [4.78, 5) is 26.8. The van der Waals surface area contributed by atoms with Gasteiger partial charge in [-0.25, -0.2) is 0 Å². The Labute approximate surface area is 154 Å². The summed E-state index contributed by atoms with van der Waals surface area (Å²) < 4.78 is 10.4. The van der Waals surface area contributed by atoms with Crippen LogP contribution in [0.5, 0.6) is 11.5 Å². The molecule has 0 aliphatic carbocycles. The van der Waals surface area contributed by atoms with E-state index in [4.69, 9.17) is 9.47 Å². The first-order valence-corrected chi connectivity index (χ1v) is 9.31. The van der Waals surface area contributed by atoms with E-state index in [-0.39, 0.29) is 24.5 Å². The molecule has 2 heterocycles. The van der Waals surface area contributed by atoms with Crippen LogP contribution in [0.1, 0.15) is 42.5 Å². The fourth-order valence-corrected chi connectivity index (χ4v) is 3.99. The van der Waals surface area contributed by atoms with Crippen molar-refractivity contribution in [3.63, 3.8) is 0 Å². The molecule has 3 rings (SSSR count). The average Bonchev–Trinajstić information content (AvgIpc) is 3.13. The van der Waals surface area contributed by atoms with Crippen LogP contribution < -0.4 is 14.8 Å². The Balaban J connectivity index is 1.50. The number of piperidine rings is 1. The predicted molar refractivity (Wildman–Crippen MR) is 98.8 cm³/mol. The second kappa shape index (κ2) is 8.08. The third-order valence-corrected chi connectivity index (χ3v) is 5.78. The normalized spacial score (nSPS) is 18.8. The van der Waals surface area contributed by atoms with Crippen LogP contribution in [0.4, 0.5) is 0 Å². The number of benzene rings is 1. The largest absolute Gasteiger partial charge is 0.493 e. The third kappa shape index (κ3) is 4.01. The molecule has 1 amide bonds. The van der Waals surface area contributed by atoms with Crippen molar-refractivity contribution in [3.05, 3.63) is 23.8 Å². The van der Waals surface area contributed by atoms with Gasteiger partial charge < -0.3 is 19.7 Å².